The molecule has 0 fully saturated rings. The lowest BCUT2D eigenvalue weighted by Crippen LogP contribution is -2.26. The first-order valence-electron chi connectivity index (χ1n) is 5.73. The number of benzene rings is 1. The minimum Gasteiger partial charge on any atom is -0.337 e. The number of halogens is 2. The molecule has 2 aromatic rings. The Morgan fingerprint density at radius 3 is 2.47 bits per heavy atom. The van der Waals surface area contributed by atoms with Crippen molar-refractivity contribution in [2.75, 3.05) is 0 Å². The Hall–Kier alpha value is -1.46. The lowest BCUT2D eigenvalue weighted by atomic mass is 9.87. The summed E-state index contributed by atoms with van der Waals surface area (Å²) in [6, 6.07) is 5.91. The van der Waals surface area contributed by atoms with Gasteiger partial charge in [0.2, 0.25) is 11.7 Å². The average molecular weight is 286 g/mol. The second-order valence-corrected chi connectivity index (χ2v) is 5.28. The maximum Gasteiger partial charge on any atom is 0.244 e. The molecule has 0 saturated heterocycles. The topological polar surface area (TPSA) is 64.9 Å². The maximum atomic E-state index is 13.6. The van der Waals surface area contributed by atoms with Crippen LogP contribution in [-0.2, 0) is 0 Å². The van der Waals surface area contributed by atoms with Crippen LogP contribution in [0.25, 0.3) is 11.4 Å². The largest absolute Gasteiger partial charge is 0.337 e. The molecule has 104 valence electrons. The van der Waals surface area contributed by atoms with Gasteiger partial charge in [0.1, 0.15) is 5.82 Å². The monoisotopic (exact) mass is 285 g/mol. The molecule has 0 spiro atoms. The average Bonchev–Trinajstić information content (AvgIpc) is 2.76. The Morgan fingerprint density at radius 2 is 1.89 bits per heavy atom. The van der Waals surface area contributed by atoms with Crippen molar-refractivity contribution in [2.45, 2.75) is 26.8 Å². The van der Waals surface area contributed by atoms with Crippen molar-refractivity contribution in [3.63, 3.8) is 0 Å². The van der Waals surface area contributed by atoms with E-state index in [1.807, 2.05) is 20.8 Å². The third kappa shape index (κ3) is 3.30. The third-order valence-electron chi connectivity index (χ3n) is 2.76. The Morgan fingerprint density at radius 1 is 1.26 bits per heavy atom. The van der Waals surface area contributed by atoms with Crippen molar-refractivity contribution < 1.29 is 8.91 Å². The minimum atomic E-state index is -0.384. The Labute approximate surface area is 117 Å². The molecule has 1 heterocycles. The number of aromatic nitrogens is 2. The van der Waals surface area contributed by atoms with Crippen LogP contribution in [0.3, 0.4) is 0 Å². The zero-order valence-electron chi connectivity index (χ0n) is 11.1. The molecule has 0 aliphatic rings. The molecule has 0 amide bonds. The van der Waals surface area contributed by atoms with Crippen LogP contribution in [0.5, 0.6) is 0 Å². The highest BCUT2D eigenvalue weighted by molar-refractivity contribution is 5.85. The lowest BCUT2D eigenvalue weighted by Gasteiger charge is -2.23. The Kier molecular flexibility index (Phi) is 4.66. The van der Waals surface area contributed by atoms with Gasteiger partial charge in [-0.2, -0.15) is 4.98 Å². The van der Waals surface area contributed by atoms with Crippen LogP contribution in [0.1, 0.15) is 32.7 Å². The van der Waals surface area contributed by atoms with Crippen LogP contribution in [0.2, 0.25) is 0 Å². The summed E-state index contributed by atoms with van der Waals surface area (Å²) in [6.45, 7) is 5.93. The van der Waals surface area contributed by atoms with Gasteiger partial charge in [-0.15, -0.1) is 12.4 Å². The van der Waals surface area contributed by atoms with Gasteiger partial charge in [0, 0.05) is 0 Å². The normalized spacial score (nSPS) is 12.9. The first kappa shape index (κ1) is 15.6. The molecule has 0 aliphatic carbocycles. The predicted molar refractivity (Wildman–Crippen MR) is 73.3 cm³/mol. The summed E-state index contributed by atoms with van der Waals surface area (Å²) < 4.78 is 18.7. The summed E-state index contributed by atoms with van der Waals surface area (Å²) in [5, 5.41) is 3.78. The van der Waals surface area contributed by atoms with Crippen molar-refractivity contribution in [2.24, 2.45) is 11.1 Å². The second-order valence-electron chi connectivity index (χ2n) is 5.28. The van der Waals surface area contributed by atoms with Gasteiger partial charge in [-0.05, 0) is 17.5 Å². The van der Waals surface area contributed by atoms with E-state index >= 15 is 0 Å². The zero-order chi connectivity index (χ0) is 13.3. The van der Waals surface area contributed by atoms with Gasteiger partial charge in [0.15, 0.2) is 0 Å². The second kappa shape index (κ2) is 5.67. The number of rotatable bonds is 2. The van der Waals surface area contributed by atoms with Crippen LogP contribution >= 0.6 is 12.4 Å². The molecule has 2 N–H and O–H groups in total. The Balaban J connectivity index is 0.00000180. The smallest absolute Gasteiger partial charge is 0.244 e. The van der Waals surface area contributed by atoms with Gasteiger partial charge in [-0.25, -0.2) is 4.39 Å². The van der Waals surface area contributed by atoms with E-state index < -0.39 is 0 Å². The highest BCUT2D eigenvalue weighted by Gasteiger charge is 2.28. The van der Waals surface area contributed by atoms with E-state index in [9.17, 15) is 4.39 Å². The molecule has 0 aliphatic heterocycles. The molecule has 0 radical (unpaired) electrons. The molecule has 1 atom stereocenters. The van der Waals surface area contributed by atoms with Crippen molar-refractivity contribution in [1.29, 1.82) is 0 Å². The van der Waals surface area contributed by atoms with Gasteiger partial charge < -0.3 is 10.3 Å². The standard InChI is InChI=1S/C13H16FN3O.ClH/c1-13(2,3)10(15)12-16-11(17-18-12)8-6-4-5-7-9(8)14;/h4-7,10H,15H2,1-3H3;1H/t10-;/m1./s1. The molecule has 0 saturated carbocycles. The van der Waals surface area contributed by atoms with Gasteiger partial charge in [-0.1, -0.05) is 38.1 Å². The fourth-order valence-corrected chi connectivity index (χ4v) is 1.48. The van der Waals surface area contributed by atoms with Crippen molar-refractivity contribution >= 4 is 12.4 Å². The summed E-state index contributed by atoms with van der Waals surface area (Å²) in [4.78, 5) is 4.16. The van der Waals surface area contributed by atoms with Crippen LogP contribution in [0.4, 0.5) is 4.39 Å². The van der Waals surface area contributed by atoms with Crippen LogP contribution in [0.15, 0.2) is 28.8 Å². The predicted octanol–water partition coefficient (Wildman–Crippen LogP) is 3.34. The molecule has 0 bridgehead atoms. The third-order valence-corrected chi connectivity index (χ3v) is 2.76. The van der Waals surface area contributed by atoms with Gasteiger partial charge in [0.05, 0.1) is 11.6 Å². The van der Waals surface area contributed by atoms with Crippen molar-refractivity contribution in [3.05, 3.63) is 36.0 Å². The fourth-order valence-electron chi connectivity index (χ4n) is 1.48. The van der Waals surface area contributed by atoms with Crippen molar-refractivity contribution in [1.82, 2.24) is 10.1 Å². The highest BCUT2D eigenvalue weighted by Crippen LogP contribution is 2.30. The molecule has 2 rings (SSSR count). The zero-order valence-corrected chi connectivity index (χ0v) is 11.9. The summed E-state index contributed by atoms with van der Waals surface area (Å²) in [5.41, 5.74) is 6.13. The molecule has 4 nitrogen and oxygen atoms in total. The lowest BCUT2D eigenvalue weighted by molar-refractivity contribution is 0.253. The summed E-state index contributed by atoms with van der Waals surface area (Å²) in [7, 11) is 0. The molecule has 1 aromatic carbocycles. The van der Waals surface area contributed by atoms with E-state index in [4.69, 9.17) is 10.3 Å². The molecule has 0 unspecified atom stereocenters. The minimum absolute atomic E-state index is 0. The maximum absolute atomic E-state index is 13.6. The number of hydrogen-bond acceptors (Lipinski definition) is 4. The van der Waals surface area contributed by atoms with Crippen molar-refractivity contribution in [3.8, 4) is 11.4 Å². The number of hydrogen-bond donors (Lipinski definition) is 1. The number of nitrogens with two attached hydrogens (primary N) is 1. The van der Waals surface area contributed by atoms with E-state index in [2.05, 4.69) is 10.1 Å². The van der Waals surface area contributed by atoms with Gasteiger partial charge in [-0.3, -0.25) is 0 Å². The summed E-state index contributed by atoms with van der Waals surface area (Å²) >= 11 is 0. The van der Waals surface area contributed by atoms with Crippen LogP contribution < -0.4 is 5.73 Å². The molecule has 1 aromatic heterocycles. The van der Waals surface area contributed by atoms with E-state index in [1.165, 1.54) is 6.07 Å². The first-order chi connectivity index (χ1) is 8.39. The van der Waals surface area contributed by atoms with Gasteiger partial charge >= 0.3 is 0 Å². The number of nitrogens with zero attached hydrogens (tertiary/aromatic N) is 2. The summed E-state index contributed by atoms with van der Waals surface area (Å²) in [5.74, 6) is 0.165. The van der Waals surface area contributed by atoms with E-state index in [0.717, 1.165) is 0 Å². The van der Waals surface area contributed by atoms with E-state index in [-0.39, 0.29) is 35.5 Å². The summed E-state index contributed by atoms with van der Waals surface area (Å²) in [6.07, 6.45) is 0. The SMILES string of the molecule is CC(C)(C)[C@H](N)c1nc(-c2ccccc2F)no1.Cl. The fraction of sp³-hybridized carbons (Fsp3) is 0.385. The van der Waals surface area contributed by atoms with Crippen LogP contribution in [-0.4, -0.2) is 10.1 Å². The Bertz CT molecular complexity index is 551. The molecular weight excluding hydrogens is 269 g/mol. The van der Waals surface area contributed by atoms with E-state index in [0.29, 0.717) is 11.5 Å². The highest BCUT2D eigenvalue weighted by atomic mass is 35.5. The molecular formula is C13H17ClFN3O. The van der Waals surface area contributed by atoms with E-state index in [1.54, 1.807) is 18.2 Å². The molecule has 6 heteroatoms. The first-order valence-corrected chi connectivity index (χ1v) is 5.73. The quantitative estimate of drug-likeness (QED) is 0.919. The molecule has 19 heavy (non-hydrogen) atoms. The van der Waals surface area contributed by atoms with Crippen LogP contribution in [0, 0.1) is 11.2 Å². The van der Waals surface area contributed by atoms with Gasteiger partial charge in [0.25, 0.3) is 0 Å².